The number of hydrogen-bond acceptors (Lipinski definition) is 5. The Kier molecular flexibility index (Phi) is 5.18. The second kappa shape index (κ2) is 6.43. The second-order valence-corrected chi connectivity index (χ2v) is 4.05. The van der Waals surface area contributed by atoms with Crippen molar-refractivity contribution in [2.45, 2.75) is 13.8 Å². The highest BCUT2D eigenvalue weighted by Gasteiger charge is 2.26. The molecule has 0 aliphatic heterocycles. The van der Waals surface area contributed by atoms with Gasteiger partial charge in [-0.25, -0.2) is 4.79 Å². The summed E-state index contributed by atoms with van der Waals surface area (Å²) in [6, 6.07) is 1.49. The number of ketones is 1. The minimum absolute atomic E-state index is 0.0595. The van der Waals surface area contributed by atoms with Gasteiger partial charge in [-0.1, -0.05) is 11.6 Å². The van der Waals surface area contributed by atoms with Gasteiger partial charge < -0.3 is 14.2 Å². The van der Waals surface area contributed by atoms with Gasteiger partial charge in [-0.2, -0.15) is 0 Å². The van der Waals surface area contributed by atoms with Crippen LogP contribution < -0.4 is 9.47 Å². The predicted octanol–water partition coefficient (Wildman–Crippen LogP) is 2.41. The van der Waals surface area contributed by atoms with Crippen LogP contribution in [-0.4, -0.2) is 32.6 Å². The molecule has 0 aliphatic rings. The monoisotopic (exact) mass is 286 g/mol. The molecule has 6 heteroatoms. The average molecular weight is 287 g/mol. The zero-order valence-corrected chi connectivity index (χ0v) is 12.0. The molecule has 104 valence electrons. The van der Waals surface area contributed by atoms with Gasteiger partial charge in [0.25, 0.3) is 5.78 Å². The second-order valence-electron chi connectivity index (χ2n) is 3.67. The number of halogens is 1. The maximum Gasteiger partial charge on any atom is 0.379 e. The molecule has 19 heavy (non-hydrogen) atoms. The van der Waals surface area contributed by atoms with Crippen LogP contribution in [0.4, 0.5) is 0 Å². The summed E-state index contributed by atoms with van der Waals surface area (Å²) < 4.78 is 14.9. The predicted molar refractivity (Wildman–Crippen MR) is 70.3 cm³/mol. The molecule has 0 amide bonds. The number of ether oxygens (including phenoxy) is 3. The number of Topliss-reactive ketones (excluding diaryl/α,β-unsaturated/α-hetero) is 1. The van der Waals surface area contributed by atoms with E-state index in [2.05, 4.69) is 4.74 Å². The van der Waals surface area contributed by atoms with E-state index in [9.17, 15) is 9.59 Å². The Morgan fingerprint density at radius 1 is 1.21 bits per heavy atom. The quantitative estimate of drug-likeness (QED) is 0.472. The zero-order valence-electron chi connectivity index (χ0n) is 11.2. The summed E-state index contributed by atoms with van der Waals surface area (Å²) in [6.07, 6.45) is 0. The van der Waals surface area contributed by atoms with E-state index in [1.165, 1.54) is 20.3 Å². The molecule has 0 radical (unpaired) electrons. The smallest absolute Gasteiger partial charge is 0.379 e. The lowest BCUT2D eigenvalue weighted by Gasteiger charge is -2.14. The number of esters is 1. The van der Waals surface area contributed by atoms with E-state index in [-0.39, 0.29) is 22.9 Å². The highest BCUT2D eigenvalue weighted by molar-refractivity contribution is 6.43. The minimum atomic E-state index is -0.943. The minimum Gasteiger partial charge on any atom is -0.495 e. The standard InChI is InChI=1S/C13H15ClO5/c1-5-19-13(16)10(15)8-6-7(2)11(17-3)9(14)12(8)18-4/h6H,5H2,1-4H3. The lowest BCUT2D eigenvalue weighted by atomic mass is 10.1. The van der Waals surface area contributed by atoms with Crippen molar-refractivity contribution < 1.29 is 23.8 Å². The van der Waals surface area contributed by atoms with Crippen molar-refractivity contribution in [3.8, 4) is 11.5 Å². The molecule has 0 heterocycles. The van der Waals surface area contributed by atoms with E-state index in [0.29, 0.717) is 11.3 Å². The number of methoxy groups -OCH3 is 2. The molecular weight excluding hydrogens is 272 g/mol. The van der Waals surface area contributed by atoms with Crippen LogP contribution in [0.5, 0.6) is 11.5 Å². The first-order valence-corrected chi connectivity index (χ1v) is 5.98. The lowest BCUT2D eigenvalue weighted by molar-refractivity contribution is -0.137. The Bertz CT molecular complexity index is 510. The molecule has 0 aromatic heterocycles. The molecule has 0 bridgehead atoms. The zero-order chi connectivity index (χ0) is 14.6. The van der Waals surface area contributed by atoms with Gasteiger partial charge >= 0.3 is 5.97 Å². The van der Waals surface area contributed by atoms with Gasteiger partial charge in [0.1, 0.15) is 10.8 Å². The number of hydrogen-bond donors (Lipinski definition) is 0. The Labute approximate surface area is 116 Å². The van der Waals surface area contributed by atoms with Gasteiger partial charge in [0.15, 0.2) is 5.75 Å². The molecule has 0 saturated heterocycles. The van der Waals surface area contributed by atoms with Crippen LogP contribution in [0, 0.1) is 6.92 Å². The highest BCUT2D eigenvalue weighted by atomic mass is 35.5. The topological polar surface area (TPSA) is 61.8 Å². The van der Waals surface area contributed by atoms with E-state index >= 15 is 0 Å². The first-order chi connectivity index (χ1) is 8.97. The Morgan fingerprint density at radius 2 is 1.79 bits per heavy atom. The normalized spacial score (nSPS) is 9.95. The van der Waals surface area contributed by atoms with Crippen LogP contribution in [0.15, 0.2) is 6.07 Å². The van der Waals surface area contributed by atoms with Crippen molar-refractivity contribution >= 4 is 23.4 Å². The molecule has 0 atom stereocenters. The fourth-order valence-corrected chi connectivity index (χ4v) is 2.07. The van der Waals surface area contributed by atoms with Crippen molar-refractivity contribution in [2.75, 3.05) is 20.8 Å². The SMILES string of the molecule is CCOC(=O)C(=O)c1cc(C)c(OC)c(Cl)c1OC. The maximum atomic E-state index is 12.0. The number of aryl methyl sites for hydroxylation is 1. The third-order valence-corrected chi connectivity index (χ3v) is 2.82. The molecule has 0 unspecified atom stereocenters. The van der Waals surface area contributed by atoms with Crippen molar-refractivity contribution in [1.82, 2.24) is 0 Å². The van der Waals surface area contributed by atoms with Crippen molar-refractivity contribution in [2.24, 2.45) is 0 Å². The summed E-state index contributed by atoms with van der Waals surface area (Å²) in [5.41, 5.74) is 0.685. The van der Waals surface area contributed by atoms with Gasteiger partial charge in [0.2, 0.25) is 0 Å². The summed E-state index contributed by atoms with van der Waals surface area (Å²) in [6.45, 7) is 3.45. The number of rotatable bonds is 5. The first-order valence-electron chi connectivity index (χ1n) is 5.60. The molecule has 0 fully saturated rings. The number of carbonyl (C=O) groups is 2. The summed E-state index contributed by atoms with van der Waals surface area (Å²) in [5.74, 6) is -1.24. The van der Waals surface area contributed by atoms with Gasteiger partial charge in [-0.3, -0.25) is 4.79 Å². The first kappa shape index (κ1) is 15.3. The van der Waals surface area contributed by atoms with E-state index in [4.69, 9.17) is 21.1 Å². The lowest BCUT2D eigenvalue weighted by Crippen LogP contribution is -2.18. The van der Waals surface area contributed by atoms with E-state index in [1.54, 1.807) is 13.8 Å². The van der Waals surface area contributed by atoms with E-state index in [1.807, 2.05) is 0 Å². The molecule has 1 rings (SSSR count). The van der Waals surface area contributed by atoms with Crippen molar-refractivity contribution in [3.05, 3.63) is 22.2 Å². The van der Waals surface area contributed by atoms with Gasteiger partial charge in [0.05, 0.1) is 26.4 Å². The number of carbonyl (C=O) groups excluding carboxylic acids is 2. The van der Waals surface area contributed by atoms with Crippen LogP contribution in [-0.2, 0) is 9.53 Å². The van der Waals surface area contributed by atoms with Crippen LogP contribution >= 0.6 is 11.6 Å². The Morgan fingerprint density at radius 3 is 2.26 bits per heavy atom. The molecule has 0 N–H and O–H groups in total. The van der Waals surface area contributed by atoms with Crippen molar-refractivity contribution in [3.63, 3.8) is 0 Å². The third kappa shape index (κ3) is 2.98. The highest BCUT2D eigenvalue weighted by Crippen LogP contribution is 2.39. The van der Waals surface area contributed by atoms with Crippen LogP contribution in [0.2, 0.25) is 5.02 Å². The maximum absolute atomic E-state index is 12.0. The molecule has 1 aromatic carbocycles. The van der Waals surface area contributed by atoms with Gasteiger partial charge in [-0.15, -0.1) is 0 Å². The van der Waals surface area contributed by atoms with Crippen LogP contribution in [0.3, 0.4) is 0 Å². The summed E-state index contributed by atoms with van der Waals surface area (Å²) in [4.78, 5) is 23.5. The fourth-order valence-electron chi connectivity index (χ4n) is 1.67. The van der Waals surface area contributed by atoms with Crippen molar-refractivity contribution in [1.29, 1.82) is 0 Å². The van der Waals surface area contributed by atoms with Gasteiger partial charge in [0, 0.05) is 0 Å². The molecule has 0 spiro atoms. The molecule has 5 nitrogen and oxygen atoms in total. The van der Waals surface area contributed by atoms with Crippen LogP contribution in [0.25, 0.3) is 0 Å². The third-order valence-electron chi connectivity index (χ3n) is 2.48. The van der Waals surface area contributed by atoms with Crippen LogP contribution in [0.1, 0.15) is 22.8 Å². The Hall–Kier alpha value is -1.75. The molecule has 1 aromatic rings. The molecule has 0 saturated carbocycles. The summed E-state index contributed by atoms with van der Waals surface area (Å²) >= 11 is 6.09. The molecule has 0 aliphatic carbocycles. The fraction of sp³-hybridized carbons (Fsp3) is 0.385. The molecular formula is C13H15ClO5. The van der Waals surface area contributed by atoms with E-state index in [0.717, 1.165) is 0 Å². The largest absolute Gasteiger partial charge is 0.495 e. The van der Waals surface area contributed by atoms with E-state index < -0.39 is 11.8 Å². The van der Waals surface area contributed by atoms with Gasteiger partial charge in [-0.05, 0) is 25.5 Å². The summed E-state index contributed by atoms with van der Waals surface area (Å²) in [7, 11) is 2.82. The Balaban J connectivity index is 3.36. The average Bonchev–Trinajstić information content (AvgIpc) is 2.38. The summed E-state index contributed by atoms with van der Waals surface area (Å²) in [5, 5.41) is 0.151. The number of benzene rings is 1.